The molecule has 3 aromatic carbocycles. The lowest BCUT2D eigenvalue weighted by Gasteiger charge is -2.39. The molecule has 0 saturated heterocycles. The van der Waals surface area contributed by atoms with Crippen molar-refractivity contribution in [3.8, 4) is 11.5 Å². The number of rotatable bonds is 16. The fourth-order valence-corrected chi connectivity index (χ4v) is 8.83. The van der Waals surface area contributed by atoms with Gasteiger partial charge in [0.2, 0.25) is 5.56 Å². The van der Waals surface area contributed by atoms with E-state index in [1.165, 1.54) is 6.07 Å². The minimum atomic E-state index is -2.27. The first-order chi connectivity index (χ1) is 26.1. The maximum Gasteiger partial charge on any atom is 0.314 e. The molecule has 1 aromatic heterocycles. The van der Waals surface area contributed by atoms with Crippen molar-refractivity contribution in [2.24, 2.45) is 0 Å². The molecule has 1 fully saturated rings. The van der Waals surface area contributed by atoms with Gasteiger partial charge in [-0.05, 0) is 91.2 Å². The second kappa shape index (κ2) is 17.7. The van der Waals surface area contributed by atoms with Crippen molar-refractivity contribution < 1.29 is 29.0 Å². The molecule has 1 amide bonds. The van der Waals surface area contributed by atoms with Gasteiger partial charge in [-0.25, -0.2) is 0 Å². The molecule has 296 valence electrons. The number of fused-ring (bicyclic) bond motifs is 1. The van der Waals surface area contributed by atoms with Gasteiger partial charge in [-0.15, -0.1) is 0 Å². The minimum Gasteiger partial charge on any atom is -0.506 e. The summed E-state index contributed by atoms with van der Waals surface area (Å²) in [5.41, 5.74) is 3.23. The standard InChI is InChI=1S/C43H56ClN3O7Si/c1-42(2,3)55(5,6)54-37(31-16-18-35(48)39-32(31)17-19-38(49)47-39)27-45-26-29-24-34(44)33(25-36(29)53-4)40(50)46-22-11-8-13-28-14-12-15-30(23-28)43(41(51)52)20-9-7-10-21-43/h12,14-19,23-25,37,45,48H,7-11,13,20-22,26-27H2,1-6H3,(H,46,50)(H,47,49)(H,51,52)/t37-/m0/s1. The number of aromatic nitrogens is 1. The number of pyridine rings is 1. The molecule has 55 heavy (non-hydrogen) atoms. The van der Waals surface area contributed by atoms with Crippen LogP contribution in [0.1, 0.15) is 104 Å². The number of nitrogens with one attached hydrogen (secondary N) is 3. The van der Waals surface area contributed by atoms with Gasteiger partial charge < -0.3 is 35.0 Å². The van der Waals surface area contributed by atoms with Crippen molar-refractivity contribution in [1.82, 2.24) is 15.6 Å². The number of carboxylic acid groups (broad SMARTS) is 1. The Bertz CT molecular complexity index is 2050. The number of phenols is 1. The predicted molar refractivity (Wildman–Crippen MR) is 221 cm³/mol. The molecule has 5 N–H and O–H groups in total. The number of aromatic amines is 1. The Hall–Kier alpha value is -4.16. The molecule has 12 heteroatoms. The third-order valence-corrected chi connectivity index (χ3v) is 16.3. The zero-order valence-electron chi connectivity index (χ0n) is 32.9. The molecule has 1 heterocycles. The number of aryl methyl sites for hydroxylation is 1. The van der Waals surface area contributed by atoms with Crippen LogP contribution >= 0.6 is 11.6 Å². The van der Waals surface area contributed by atoms with E-state index >= 15 is 0 Å². The zero-order chi connectivity index (χ0) is 40.0. The van der Waals surface area contributed by atoms with Gasteiger partial charge in [0.05, 0.1) is 34.7 Å². The number of carbonyl (C=O) groups excluding carboxylic acids is 1. The van der Waals surface area contributed by atoms with E-state index in [4.69, 9.17) is 20.8 Å². The van der Waals surface area contributed by atoms with Gasteiger partial charge in [-0.1, -0.05) is 82.0 Å². The number of hydrogen-bond donors (Lipinski definition) is 5. The van der Waals surface area contributed by atoms with E-state index in [1.807, 2.05) is 24.3 Å². The Labute approximate surface area is 330 Å². The first-order valence-corrected chi connectivity index (χ1v) is 22.6. The predicted octanol–water partition coefficient (Wildman–Crippen LogP) is 8.79. The van der Waals surface area contributed by atoms with E-state index in [-0.39, 0.29) is 22.3 Å². The smallest absolute Gasteiger partial charge is 0.314 e. The van der Waals surface area contributed by atoms with Crippen molar-refractivity contribution in [3.05, 3.63) is 104 Å². The molecule has 4 aromatic rings. The number of carbonyl (C=O) groups is 2. The van der Waals surface area contributed by atoms with Gasteiger partial charge in [0, 0.05) is 36.7 Å². The van der Waals surface area contributed by atoms with E-state index in [1.54, 1.807) is 31.4 Å². The van der Waals surface area contributed by atoms with Crippen molar-refractivity contribution in [2.45, 2.75) is 108 Å². The summed E-state index contributed by atoms with van der Waals surface area (Å²) in [5, 5.41) is 28.1. The highest BCUT2D eigenvalue weighted by atomic mass is 35.5. The van der Waals surface area contributed by atoms with Gasteiger partial charge in [0.25, 0.3) is 5.91 Å². The topological polar surface area (TPSA) is 150 Å². The van der Waals surface area contributed by atoms with Gasteiger partial charge in [0.15, 0.2) is 8.32 Å². The van der Waals surface area contributed by atoms with Crippen molar-refractivity contribution in [2.75, 3.05) is 20.2 Å². The Morgan fingerprint density at radius 2 is 1.76 bits per heavy atom. The second-order valence-corrected chi connectivity index (χ2v) is 21.5. The van der Waals surface area contributed by atoms with E-state index in [9.17, 15) is 24.6 Å². The number of halogens is 1. The average Bonchev–Trinajstić information content (AvgIpc) is 3.14. The SMILES string of the molecule is COc1cc(C(=O)NCCCCc2cccc(C3(C(=O)O)CCCCC3)c2)c(Cl)cc1CNC[C@H](O[Si](C)(C)C(C)(C)C)c1ccc(O)c2[nH]c(=O)ccc12. The first-order valence-electron chi connectivity index (χ1n) is 19.3. The van der Waals surface area contributed by atoms with E-state index in [0.717, 1.165) is 60.8 Å². The maximum atomic E-state index is 13.2. The molecule has 1 aliphatic rings. The molecule has 0 aliphatic heterocycles. The van der Waals surface area contributed by atoms with Gasteiger partial charge in [-0.2, -0.15) is 0 Å². The maximum absolute atomic E-state index is 13.2. The molecule has 1 atom stereocenters. The van der Waals surface area contributed by atoms with Crippen LogP contribution in [0.3, 0.4) is 0 Å². The van der Waals surface area contributed by atoms with Crippen LogP contribution in [0.2, 0.25) is 23.2 Å². The summed E-state index contributed by atoms with van der Waals surface area (Å²) < 4.78 is 12.6. The van der Waals surface area contributed by atoms with Crippen LogP contribution in [-0.4, -0.2) is 55.6 Å². The van der Waals surface area contributed by atoms with E-state index in [0.29, 0.717) is 59.7 Å². The van der Waals surface area contributed by atoms with Gasteiger partial charge in [-0.3, -0.25) is 14.4 Å². The Morgan fingerprint density at radius 1 is 1.02 bits per heavy atom. The fourth-order valence-electron chi connectivity index (χ4n) is 7.28. The highest BCUT2D eigenvalue weighted by Crippen LogP contribution is 2.42. The van der Waals surface area contributed by atoms with Crippen molar-refractivity contribution in [1.29, 1.82) is 0 Å². The minimum absolute atomic E-state index is 0.00797. The molecular formula is C43H56ClN3O7Si. The summed E-state index contributed by atoms with van der Waals surface area (Å²) in [6, 6.07) is 18.0. The number of aliphatic carboxylic acids is 1. The number of ether oxygens (including phenoxy) is 1. The summed E-state index contributed by atoms with van der Waals surface area (Å²) in [6.45, 7) is 12.2. The summed E-state index contributed by atoms with van der Waals surface area (Å²) in [4.78, 5) is 40.4. The van der Waals surface area contributed by atoms with E-state index in [2.05, 4.69) is 55.5 Å². The monoisotopic (exact) mass is 789 g/mol. The number of methoxy groups -OCH3 is 1. The average molecular weight is 790 g/mol. The lowest BCUT2D eigenvalue weighted by Crippen LogP contribution is -2.43. The Balaban J connectivity index is 1.21. The normalized spacial score (nSPS) is 15.1. The summed E-state index contributed by atoms with van der Waals surface area (Å²) >= 11 is 6.70. The number of unbranched alkanes of at least 4 members (excludes halogenated alkanes) is 1. The van der Waals surface area contributed by atoms with Crippen LogP contribution in [0.25, 0.3) is 10.9 Å². The van der Waals surface area contributed by atoms with Crippen molar-refractivity contribution >= 4 is 42.7 Å². The molecule has 1 aliphatic carbocycles. The number of phenolic OH excluding ortho intramolecular Hbond substituents is 1. The summed E-state index contributed by atoms with van der Waals surface area (Å²) in [7, 11) is -0.714. The van der Waals surface area contributed by atoms with Crippen LogP contribution in [0.4, 0.5) is 0 Å². The van der Waals surface area contributed by atoms with E-state index < -0.39 is 25.8 Å². The molecule has 1 saturated carbocycles. The molecule has 5 rings (SSSR count). The highest BCUT2D eigenvalue weighted by Gasteiger charge is 2.41. The van der Waals surface area contributed by atoms with Crippen molar-refractivity contribution in [3.63, 3.8) is 0 Å². The lowest BCUT2D eigenvalue weighted by molar-refractivity contribution is -0.145. The summed E-state index contributed by atoms with van der Waals surface area (Å²) in [6.07, 6.45) is 6.29. The molecule has 0 radical (unpaired) electrons. The first kappa shape index (κ1) is 42.0. The second-order valence-electron chi connectivity index (χ2n) is 16.3. The van der Waals surface area contributed by atoms with Gasteiger partial charge >= 0.3 is 5.97 Å². The number of benzene rings is 3. The molecular weight excluding hydrogens is 734 g/mol. The quantitative estimate of drug-likeness (QED) is 0.0559. The molecule has 10 nitrogen and oxygen atoms in total. The fraction of sp³-hybridized carbons (Fsp3) is 0.465. The third-order valence-electron chi connectivity index (χ3n) is 11.5. The molecule has 0 bridgehead atoms. The number of H-pyrrole nitrogens is 1. The number of carboxylic acids is 1. The van der Waals surface area contributed by atoms with Crippen LogP contribution in [0, 0.1) is 0 Å². The molecule has 0 unspecified atom stereocenters. The Kier molecular flexibility index (Phi) is 13.5. The molecule has 0 spiro atoms. The van der Waals surface area contributed by atoms with Gasteiger partial charge in [0.1, 0.15) is 11.5 Å². The van der Waals surface area contributed by atoms with Crippen LogP contribution in [0.5, 0.6) is 11.5 Å². The Morgan fingerprint density at radius 3 is 2.45 bits per heavy atom. The zero-order valence-corrected chi connectivity index (χ0v) is 34.7. The largest absolute Gasteiger partial charge is 0.506 e. The lowest BCUT2D eigenvalue weighted by atomic mass is 9.69. The summed E-state index contributed by atoms with van der Waals surface area (Å²) in [5.74, 6) is -0.502. The number of amides is 1. The highest BCUT2D eigenvalue weighted by molar-refractivity contribution is 6.74. The van der Waals surface area contributed by atoms with Crippen LogP contribution in [0.15, 0.2) is 65.5 Å². The van der Waals surface area contributed by atoms with Crippen LogP contribution in [-0.2, 0) is 27.6 Å². The third kappa shape index (κ3) is 9.81. The van der Waals surface area contributed by atoms with Crippen LogP contribution < -0.4 is 20.9 Å². The number of hydrogen-bond acceptors (Lipinski definition) is 7. The number of aromatic hydroxyl groups is 1.